The van der Waals surface area contributed by atoms with E-state index in [2.05, 4.69) is 26.1 Å². The summed E-state index contributed by atoms with van der Waals surface area (Å²) in [5, 5.41) is 13.2. The number of benzene rings is 1. The van der Waals surface area contributed by atoms with Crippen LogP contribution >= 0.6 is 0 Å². The van der Waals surface area contributed by atoms with Crippen LogP contribution in [0.2, 0.25) is 0 Å². The Labute approximate surface area is 123 Å². The van der Waals surface area contributed by atoms with Crippen molar-refractivity contribution in [2.45, 2.75) is 52.5 Å². The van der Waals surface area contributed by atoms with E-state index < -0.39 is 0 Å². The van der Waals surface area contributed by atoms with Crippen LogP contribution in [0.1, 0.15) is 58.1 Å². The van der Waals surface area contributed by atoms with Gasteiger partial charge in [-0.1, -0.05) is 39.2 Å². The predicted molar refractivity (Wildman–Crippen MR) is 84.4 cm³/mol. The summed E-state index contributed by atoms with van der Waals surface area (Å²) in [6.07, 6.45) is 5.09. The van der Waals surface area contributed by atoms with E-state index in [4.69, 9.17) is 4.74 Å². The smallest absolute Gasteiger partial charge is 0.160 e. The van der Waals surface area contributed by atoms with Gasteiger partial charge in [0.15, 0.2) is 11.5 Å². The molecule has 3 nitrogen and oxygen atoms in total. The molecular formula is C17H29NO2. The van der Waals surface area contributed by atoms with Crippen molar-refractivity contribution >= 4 is 0 Å². The molecule has 114 valence electrons. The molecule has 0 saturated heterocycles. The molecule has 0 aliphatic rings. The van der Waals surface area contributed by atoms with Crippen molar-refractivity contribution in [3.05, 3.63) is 23.8 Å². The number of phenolic OH excluding ortho intramolecular Hbond substituents is 1. The monoisotopic (exact) mass is 279 g/mol. The maximum atomic E-state index is 9.62. The molecule has 2 atom stereocenters. The Bertz CT molecular complexity index is 393. The second-order valence-electron chi connectivity index (χ2n) is 5.48. The molecule has 2 unspecified atom stereocenters. The summed E-state index contributed by atoms with van der Waals surface area (Å²) >= 11 is 0. The van der Waals surface area contributed by atoms with E-state index >= 15 is 0 Å². The second-order valence-corrected chi connectivity index (χ2v) is 5.48. The predicted octanol–water partition coefficient (Wildman–Crippen LogP) is 4.27. The van der Waals surface area contributed by atoms with Crippen LogP contribution < -0.4 is 10.1 Å². The minimum atomic E-state index is 0.192. The number of aromatic hydroxyl groups is 1. The minimum Gasteiger partial charge on any atom is -0.504 e. The lowest BCUT2D eigenvalue weighted by Gasteiger charge is -2.20. The Balaban J connectivity index is 2.55. The molecule has 0 amide bonds. The van der Waals surface area contributed by atoms with Gasteiger partial charge in [0.2, 0.25) is 0 Å². The maximum Gasteiger partial charge on any atom is 0.160 e. The number of hydrogen-bond acceptors (Lipinski definition) is 3. The van der Waals surface area contributed by atoms with Gasteiger partial charge in [0.25, 0.3) is 0 Å². The molecule has 20 heavy (non-hydrogen) atoms. The summed E-state index contributed by atoms with van der Waals surface area (Å²) in [5.74, 6) is 1.48. The Kier molecular flexibility index (Phi) is 7.45. The quantitative estimate of drug-likeness (QED) is 0.709. The molecule has 2 N–H and O–H groups in total. The van der Waals surface area contributed by atoms with E-state index in [-0.39, 0.29) is 11.8 Å². The van der Waals surface area contributed by atoms with Crippen LogP contribution in [0.4, 0.5) is 0 Å². The molecule has 1 aromatic rings. The van der Waals surface area contributed by atoms with E-state index in [9.17, 15) is 5.11 Å². The lowest BCUT2D eigenvalue weighted by Crippen LogP contribution is -2.25. The molecule has 0 saturated carbocycles. The Morgan fingerprint density at radius 2 is 2.05 bits per heavy atom. The lowest BCUT2D eigenvalue weighted by molar-refractivity contribution is 0.370. The normalized spacial score (nSPS) is 14.0. The summed E-state index contributed by atoms with van der Waals surface area (Å²) in [5.41, 5.74) is 1.14. The highest BCUT2D eigenvalue weighted by molar-refractivity contribution is 5.42. The fourth-order valence-corrected chi connectivity index (χ4v) is 2.37. The second kappa shape index (κ2) is 8.85. The van der Waals surface area contributed by atoms with Crippen molar-refractivity contribution in [2.24, 2.45) is 5.92 Å². The summed E-state index contributed by atoms with van der Waals surface area (Å²) < 4.78 is 5.16. The number of hydrogen-bond donors (Lipinski definition) is 2. The molecule has 0 aromatic heterocycles. The van der Waals surface area contributed by atoms with E-state index in [0.717, 1.165) is 18.0 Å². The summed E-state index contributed by atoms with van der Waals surface area (Å²) in [7, 11) is 1.58. The van der Waals surface area contributed by atoms with Gasteiger partial charge < -0.3 is 15.2 Å². The van der Waals surface area contributed by atoms with Crippen molar-refractivity contribution in [3.63, 3.8) is 0 Å². The highest BCUT2D eigenvalue weighted by Gasteiger charge is 2.11. The molecular weight excluding hydrogens is 250 g/mol. The Morgan fingerprint density at radius 1 is 1.30 bits per heavy atom. The molecule has 1 aromatic carbocycles. The SMILES string of the molecule is CCCCC(CC)CNC(C)c1ccc(O)c(OC)c1. The van der Waals surface area contributed by atoms with E-state index in [0.29, 0.717) is 5.75 Å². The van der Waals surface area contributed by atoms with Gasteiger partial charge in [0.1, 0.15) is 0 Å². The Morgan fingerprint density at radius 3 is 2.65 bits per heavy atom. The molecule has 0 bridgehead atoms. The van der Waals surface area contributed by atoms with Gasteiger partial charge in [-0.05, 0) is 43.5 Å². The zero-order valence-corrected chi connectivity index (χ0v) is 13.3. The number of nitrogens with one attached hydrogen (secondary N) is 1. The molecule has 1 rings (SSSR count). The lowest BCUT2D eigenvalue weighted by atomic mass is 9.98. The van der Waals surface area contributed by atoms with Gasteiger partial charge in [-0.15, -0.1) is 0 Å². The molecule has 0 heterocycles. The van der Waals surface area contributed by atoms with Crippen molar-refractivity contribution in [1.82, 2.24) is 5.32 Å². The van der Waals surface area contributed by atoms with Gasteiger partial charge in [-0.2, -0.15) is 0 Å². The van der Waals surface area contributed by atoms with Crippen molar-refractivity contribution in [2.75, 3.05) is 13.7 Å². The van der Waals surface area contributed by atoms with Gasteiger partial charge in [0.05, 0.1) is 7.11 Å². The zero-order valence-electron chi connectivity index (χ0n) is 13.3. The number of rotatable bonds is 9. The summed E-state index contributed by atoms with van der Waals surface area (Å²) in [6, 6.07) is 5.81. The minimum absolute atomic E-state index is 0.192. The summed E-state index contributed by atoms with van der Waals surface area (Å²) in [6.45, 7) is 7.70. The summed E-state index contributed by atoms with van der Waals surface area (Å²) in [4.78, 5) is 0. The first-order valence-electron chi connectivity index (χ1n) is 7.72. The van der Waals surface area contributed by atoms with Crippen molar-refractivity contribution in [3.8, 4) is 11.5 Å². The van der Waals surface area contributed by atoms with E-state index in [1.807, 2.05) is 12.1 Å². The third-order valence-corrected chi connectivity index (χ3v) is 3.96. The highest BCUT2D eigenvalue weighted by Crippen LogP contribution is 2.28. The van der Waals surface area contributed by atoms with Crippen molar-refractivity contribution in [1.29, 1.82) is 0 Å². The fraction of sp³-hybridized carbons (Fsp3) is 0.647. The molecule has 0 fully saturated rings. The number of phenols is 1. The molecule has 0 aliphatic carbocycles. The third-order valence-electron chi connectivity index (χ3n) is 3.96. The largest absolute Gasteiger partial charge is 0.504 e. The first-order valence-corrected chi connectivity index (χ1v) is 7.72. The topological polar surface area (TPSA) is 41.5 Å². The maximum absolute atomic E-state index is 9.62. The van der Waals surface area contributed by atoms with Crippen LogP contribution in [-0.2, 0) is 0 Å². The molecule has 0 spiro atoms. The average molecular weight is 279 g/mol. The molecule has 0 radical (unpaired) electrons. The van der Waals surface area contributed by atoms with Crippen LogP contribution in [0.25, 0.3) is 0 Å². The highest BCUT2D eigenvalue weighted by atomic mass is 16.5. The third kappa shape index (κ3) is 5.04. The first-order chi connectivity index (χ1) is 9.62. The van der Waals surface area contributed by atoms with E-state index in [1.165, 1.54) is 25.7 Å². The number of unbranched alkanes of at least 4 members (excludes halogenated alkanes) is 1. The zero-order chi connectivity index (χ0) is 15.0. The van der Waals surface area contributed by atoms with Crippen LogP contribution in [0.3, 0.4) is 0 Å². The molecule has 3 heteroatoms. The average Bonchev–Trinajstić information content (AvgIpc) is 2.47. The van der Waals surface area contributed by atoms with Gasteiger partial charge in [-0.3, -0.25) is 0 Å². The van der Waals surface area contributed by atoms with Crippen molar-refractivity contribution < 1.29 is 9.84 Å². The number of ether oxygens (including phenoxy) is 1. The first kappa shape index (κ1) is 16.8. The van der Waals surface area contributed by atoms with Gasteiger partial charge in [0, 0.05) is 6.04 Å². The van der Waals surface area contributed by atoms with E-state index in [1.54, 1.807) is 13.2 Å². The van der Waals surface area contributed by atoms with Crippen LogP contribution in [0, 0.1) is 5.92 Å². The van der Waals surface area contributed by atoms with Gasteiger partial charge >= 0.3 is 0 Å². The molecule has 0 aliphatic heterocycles. The fourth-order valence-electron chi connectivity index (χ4n) is 2.37. The van der Waals surface area contributed by atoms with Crippen LogP contribution in [0.5, 0.6) is 11.5 Å². The number of methoxy groups -OCH3 is 1. The Hall–Kier alpha value is -1.22. The standard InChI is InChI=1S/C17H29NO2/c1-5-7-8-14(6-2)12-18-13(3)15-9-10-16(19)17(11-15)20-4/h9-11,13-14,18-19H,5-8,12H2,1-4H3. The van der Waals surface area contributed by atoms with Crippen LogP contribution in [0.15, 0.2) is 18.2 Å². The van der Waals surface area contributed by atoms with Gasteiger partial charge in [-0.25, -0.2) is 0 Å². The van der Waals surface area contributed by atoms with Crippen LogP contribution in [-0.4, -0.2) is 18.8 Å².